The van der Waals surface area contributed by atoms with E-state index in [-0.39, 0.29) is 12.4 Å². The van der Waals surface area contributed by atoms with E-state index in [0.29, 0.717) is 6.54 Å². The number of piperazine rings is 1. The summed E-state index contributed by atoms with van der Waals surface area (Å²) in [5.41, 5.74) is 4.60. The van der Waals surface area contributed by atoms with Crippen LogP contribution in [0.4, 0.5) is 4.39 Å². The molecule has 172 valence electrons. The Labute approximate surface area is 194 Å². The van der Waals surface area contributed by atoms with Gasteiger partial charge in [-0.15, -0.1) is 0 Å². The first-order valence-corrected chi connectivity index (χ1v) is 11.7. The number of β-amino-alcohol motifs (C(OH)–C–C–N with tert-alkyl or cyclic N) is 1. The summed E-state index contributed by atoms with van der Waals surface area (Å²) >= 11 is 0. The van der Waals surface area contributed by atoms with Crippen LogP contribution >= 0.6 is 0 Å². The normalized spacial score (nSPS) is 19.2. The fourth-order valence-corrected chi connectivity index (χ4v) is 4.88. The third kappa shape index (κ3) is 5.24. The van der Waals surface area contributed by atoms with Crippen LogP contribution < -0.4 is 0 Å². The third-order valence-corrected chi connectivity index (χ3v) is 6.66. The van der Waals surface area contributed by atoms with E-state index in [1.165, 1.54) is 34.0 Å². The average molecular weight is 448 g/mol. The summed E-state index contributed by atoms with van der Waals surface area (Å²) in [6.45, 7) is 5.25. The number of nitrogens with zero attached hydrogens (tertiary/aromatic N) is 3. The second-order valence-electron chi connectivity index (χ2n) is 9.00. The molecular formula is C27H30FN3O2. The second kappa shape index (κ2) is 10.00. The zero-order valence-corrected chi connectivity index (χ0v) is 18.8. The van der Waals surface area contributed by atoms with Crippen molar-refractivity contribution in [1.82, 2.24) is 9.80 Å². The Morgan fingerprint density at radius 1 is 0.909 bits per heavy atom. The molecule has 33 heavy (non-hydrogen) atoms. The van der Waals surface area contributed by atoms with Gasteiger partial charge < -0.3 is 9.94 Å². The van der Waals surface area contributed by atoms with E-state index in [0.717, 1.165) is 56.8 Å². The lowest BCUT2D eigenvalue weighted by Crippen LogP contribution is -2.48. The molecule has 1 unspecified atom stereocenters. The Bertz CT molecular complexity index is 1120. The summed E-state index contributed by atoms with van der Waals surface area (Å²) in [6, 6.07) is 19.4. The molecule has 3 aromatic rings. The number of hydrogen-bond donors (Lipinski definition) is 1. The molecule has 1 aliphatic carbocycles. The first-order valence-electron chi connectivity index (χ1n) is 11.7. The zero-order chi connectivity index (χ0) is 22.6. The number of halogens is 1. The maximum absolute atomic E-state index is 13.1. The molecule has 3 aromatic carbocycles. The maximum Gasteiger partial charge on any atom is 0.144 e. The Balaban J connectivity index is 1.08. The molecule has 0 amide bonds. The zero-order valence-electron chi connectivity index (χ0n) is 18.8. The van der Waals surface area contributed by atoms with Gasteiger partial charge in [-0.2, -0.15) is 0 Å². The standard InChI is InChI=1S/C27H30FN3O2/c28-22-8-5-20(6-9-22)17-30-13-15-31(16-14-30)18-23(32)19-33-29-27-12-11-25-24-4-2-1-3-21(24)7-10-26(25)27/h1-10,23,32H,11-19H2. The van der Waals surface area contributed by atoms with E-state index in [2.05, 4.69) is 51.4 Å². The van der Waals surface area contributed by atoms with Crippen LogP contribution in [0.2, 0.25) is 0 Å². The predicted molar refractivity (Wildman–Crippen MR) is 129 cm³/mol. The van der Waals surface area contributed by atoms with Crippen LogP contribution in [0.25, 0.3) is 10.8 Å². The molecule has 2 aliphatic rings. The summed E-state index contributed by atoms with van der Waals surface area (Å²) in [5, 5.41) is 17.4. The molecule has 0 aromatic heterocycles. The summed E-state index contributed by atoms with van der Waals surface area (Å²) in [6.07, 6.45) is 1.27. The van der Waals surface area contributed by atoms with Crippen LogP contribution in [0.3, 0.4) is 0 Å². The number of oxime groups is 1. The van der Waals surface area contributed by atoms with Crippen molar-refractivity contribution in [2.24, 2.45) is 5.16 Å². The lowest BCUT2D eigenvalue weighted by Gasteiger charge is -2.35. The lowest BCUT2D eigenvalue weighted by molar-refractivity contribution is 0.00829. The smallest absolute Gasteiger partial charge is 0.144 e. The number of hydrogen-bond acceptors (Lipinski definition) is 5. The summed E-state index contributed by atoms with van der Waals surface area (Å²) < 4.78 is 13.1. The van der Waals surface area contributed by atoms with E-state index >= 15 is 0 Å². The fourth-order valence-electron chi connectivity index (χ4n) is 4.88. The van der Waals surface area contributed by atoms with Crippen LogP contribution in [-0.4, -0.2) is 66.1 Å². The maximum atomic E-state index is 13.1. The molecule has 0 saturated carbocycles. The Hall–Kier alpha value is -2.80. The highest BCUT2D eigenvalue weighted by atomic mass is 19.1. The van der Waals surface area contributed by atoms with Gasteiger partial charge in [-0.3, -0.25) is 9.80 Å². The van der Waals surface area contributed by atoms with Crippen molar-refractivity contribution in [3.8, 4) is 0 Å². The summed E-state index contributed by atoms with van der Waals surface area (Å²) in [4.78, 5) is 10.2. The minimum Gasteiger partial charge on any atom is -0.393 e. The molecule has 1 saturated heterocycles. The van der Waals surface area contributed by atoms with Crippen molar-refractivity contribution in [2.75, 3.05) is 39.3 Å². The van der Waals surface area contributed by atoms with Crippen LogP contribution in [0, 0.1) is 5.82 Å². The van der Waals surface area contributed by atoms with Crippen LogP contribution in [-0.2, 0) is 17.8 Å². The van der Waals surface area contributed by atoms with Gasteiger partial charge >= 0.3 is 0 Å². The molecule has 0 spiro atoms. The highest BCUT2D eigenvalue weighted by Crippen LogP contribution is 2.30. The number of benzene rings is 3. The van der Waals surface area contributed by atoms with E-state index in [4.69, 9.17) is 4.84 Å². The Kier molecular flexibility index (Phi) is 6.67. The van der Waals surface area contributed by atoms with Crippen molar-refractivity contribution in [3.05, 3.63) is 83.2 Å². The van der Waals surface area contributed by atoms with Gasteiger partial charge in [0, 0.05) is 44.8 Å². The number of aliphatic hydroxyl groups is 1. The molecule has 1 atom stereocenters. The van der Waals surface area contributed by atoms with Gasteiger partial charge in [-0.25, -0.2) is 4.39 Å². The van der Waals surface area contributed by atoms with Crippen molar-refractivity contribution in [3.63, 3.8) is 0 Å². The highest BCUT2D eigenvalue weighted by molar-refractivity contribution is 6.08. The molecule has 1 N–H and O–H groups in total. The van der Waals surface area contributed by atoms with Crippen molar-refractivity contribution < 1.29 is 14.3 Å². The Morgan fingerprint density at radius 2 is 1.67 bits per heavy atom. The molecule has 0 radical (unpaired) electrons. The molecule has 0 bridgehead atoms. The summed E-state index contributed by atoms with van der Waals surface area (Å²) in [5.74, 6) is -0.199. The molecule has 5 nitrogen and oxygen atoms in total. The summed E-state index contributed by atoms with van der Waals surface area (Å²) in [7, 11) is 0. The van der Waals surface area contributed by atoms with Gasteiger partial charge in [0.15, 0.2) is 0 Å². The SMILES string of the molecule is OC(CON=C1CCc2c1ccc1ccccc21)CN1CCN(Cc2ccc(F)cc2)CC1. The molecule has 5 rings (SSSR count). The topological polar surface area (TPSA) is 48.3 Å². The van der Waals surface area contributed by atoms with Gasteiger partial charge in [-0.1, -0.05) is 53.7 Å². The quantitative estimate of drug-likeness (QED) is 0.560. The highest BCUT2D eigenvalue weighted by Gasteiger charge is 2.22. The minimum absolute atomic E-state index is 0.197. The molecule has 1 fully saturated rings. The van der Waals surface area contributed by atoms with Gasteiger partial charge in [0.2, 0.25) is 0 Å². The lowest BCUT2D eigenvalue weighted by atomic mass is 10.0. The van der Waals surface area contributed by atoms with E-state index in [1.807, 2.05) is 12.1 Å². The monoisotopic (exact) mass is 447 g/mol. The number of aryl methyl sites for hydroxylation is 1. The first-order chi connectivity index (χ1) is 16.2. The minimum atomic E-state index is -0.574. The van der Waals surface area contributed by atoms with Gasteiger partial charge in [0.1, 0.15) is 18.5 Å². The Morgan fingerprint density at radius 3 is 2.48 bits per heavy atom. The van der Waals surface area contributed by atoms with Crippen molar-refractivity contribution in [2.45, 2.75) is 25.5 Å². The first kappa shape index (κ1) is 22.0. The number of fused-ring (bicyclic) bond motifs is 3. The van der Waals surface area contributed by atoms with Crippen molar-refractivity contribution >= 4 is 16.5 Å². The number of aliphatic hydroxyl groups excluding tert-OH is 1. The van der Waals surface area contributed by atoms with Gasteiger partial charge in [0.05, 0.1) is 5.71 Å². The molecular weight excluding hydrogens is 417 g/mol. The van der Waals surface area contributed by atoms with Crippen LogP contribution in [0.15, 0.2) is 65.8 Å². The molecule has 1 heterocycles. The fraction of sp³-hybridized carbons (Fsp3) is 0.370. The number of rotatable bonds is 7. The van der Waals surface area contributed by atoms with E-state index in [9.17, 15) is 9.50 Å². The average Bonchev–Trinajstić information content (AvgIpc) is 3.25. The van der Waals surface area contributed by atoms with Crippen LogP contribution in [0.5, 0.6) is 0 Å². The largest absolute Gasteiger partial charge is 0.393 e. The van der Waals surface area contributed by atoms with Gasteiger partial charge in [-0.05, 0) is 46.9 Å². The van der Waals surface area contributed by atoms with Crippen LogP contribution in [0.1, 0.15) is 23.1 Å². The predicted octanol–water partition coefficient (Wildman–Crippen LogP) is 3.82. The van der Waals surface area contributed by atoms with Crippen molar-refractivity contribution in [1.29, 1.82) is 0 Å². The van der Waals surface area contributed by atoms with E-state index in [1.54, 1.807) is 0 Å². The molecule has 1 aliphatic heterocycles. The van der Waals surface area contributed by atoms with E-state index < -0.39 is 6.10 Å². The van der Waals surface area contributed by atoms with Gasteiger partial charge in [0.25, 0.3) is 0 Å². The second-order valence-corrected chi connectivity index (χ2v) is 9.00. The third-order valence-electron chi connectivity index (χ3n) is 6.66. The molecule has 6 heteroatoms.